The summed E-state index contributed by atoms with van der Waals surface area (Å²) in [5, 5.41) is 6.82. The maximum atomic E-state index is 11.9. The quantitative estimate of drug-likeness (QED) is 0.174. The van der Waals surface area contributed by atoms with Crippen molar-refractivity contribution in [1.82, 2.24) is 19.9 Å². The summed E-state index contributed by atoms with van der Waals surface area (Å²) in [6.45, 7) is 1.52. The molecule has 1 amide bonds. The van der Waals surface area contributed by atoms with E-state index in [0.717, 1.165) is 94.4 Å². The van der Waals surface area contributed by atoms with E-state index in [1.807, 2.05) is 42.4 Å². The number of aryl methyl sites for hydroxylation is 3. The van der Waals surface area contributed by atoms with Gasteiger partial charge in [-0.15, -0.1) is 0 Å². The third-order valence-electron chi connectivity index (χ3n) is 10.2. The second kappa shape index (κ2) is 13.6. The number of rotatable bonds is 5. The van der Waals surface area contributed by atoms with Gasteiger partial charge in [0.15, 0.2) is 37.2 Å². The molecule has 0 unspecified atom stereocenters. The van der Waals surface area contributed by atoms with Crippen LogP contribution in [0.3, 0.4) is 0 Å². The number of carbonyl (C=O) groups excluding carboxylic acids is 1. The molecule has 9 nitrogen and oxygen atoms in total. The van der Waals surface area contributed by atoms with E-state index in [0.29, 0.717) is 0 Å². The number of pyridine rings is 3. The molecular formula is C46H41N8O+3. The second-order valence-corrected chi connectivity index (χ2v) is 14.2. The zero-order valence-electron chi connectivity index (χ0n) is 31.1. The number of aromatic amines is 4. The number of fused-ring (bicyclic) bond motifs is 8. The molecule has 9 rings (SSSR count). The number of nitrogens with one attached hydrogen (secondary N) is 5. The molecule has 1 aliphatic heterocycles. The molecule has 9 heteroatoms. The highest BCUT2D eigenvalue weighted by molar-refractivity contribution is 5.89. The molecule has 0 aliphatic carbocycles. The van der Waals surface area contributed by atoms with Gasteiger partial charge in [-0.1, -0.05) is 12.1 Å². The molecule has 7 aromatic heterocycles. The fourth-order valence-electron chi connectivity index (χ4n) is 7.50. The molecule has 8 heterocycles. The zero-order valence-corrected chi connectivity index (χ0v) is 31.1. The van der Waals surface area contributed by atoms with Gasteiger partial charge in [-0.3, -0.25) is 4.79 Å². The predicted molar refractivity (Wildman–Crippen MR) is 212 cm³/mol. The van der Waals surface area contributed by atoms with Crippen molar-refractivity contribution in [2.75, 3.05) is 5.32 Å². The molecule has 0 atom stereocenters. The summed E-state index contributed by atoms with van der Waals surface area (Å²) in [6, 6.07) is 38.2. The summed E-state index contributed by atoms with van der Waals surface area (Å²) in [6.07, 6.45) is 12.5. The van der Waals surface area contributed by atoms with Crippen LogP contribution < -0.4 is 40.4 Å². The SMILES string of the molecule is CC(=O)Nc1ccc(C2=c3ccc([nH]3)=C(c3cc[n+](C)cc3)c3ccc([nH]3)C(c3cc[n+](C)cc3)=c3ccc([nH]3)=C(c3cc[n+](C)cc3)c3ccc2[nH]3)cc1. The van der Waals surface area contributed by atoms with Gasteiger partial charge in [0, 0.05) is 115 Å². The van der Waals surface area contributed by atoms with Crippen molar-refractivity contribution in [3.8, 4) is 0 Å². The topological polar surface area (TPSA) is 104 Å². The highest BCUT2D eigenvalue weighted by atomic mass is 16.1. The van der Waals surface area contributed by atoms with Crippen molar-refractivity contribution >= 4 is 33.9 Å². The Morgan fingerprint density at radius 1 is 0.400 bits per heavy atom. The molecular weight excluding hydrogens is 681 g/mol. The molecule has 1 aliphatic rings. The first-order valence-corrected chi connectivity index (χ1v) is 18.3. The standard InChI is InChI=1S/C46H38N8O/c1-29(55)47-34-7-5-30(6-8-34)43-35-9-11-37(48-35)44(31-17-23-52(2)24-18-31)39-13-15-41(50-39)46(33-21-27-54(4)28-22-33)42-16-14-40(51-42)45(38-12-10-36(43)49-38)32-19-25-53(3)26-20-32/h5-28H,1-4H3,(H2-,47,48,49,50,51,55)/p+3. The number of benzene rings is 1. The average Bonchev–Trinajstić information content (AvgIpc) is 4.02. The number of H-pyrrole nitrogens is 4. The van der Waals surface area contributed by atoms with Crippen LogP contribution in [0.5, 0.6) is 0 Å². The maximum absolute atomic E-state index is 11.9. The largest absolute Gasteiger partial charge is 0.354 e. The van der Waals surface area contributed by atoms with Crippen LogP contribution in [0.2, 0.25) is 0 Å². The molecule has 0 saturated carbocycles. The number of hydrogen-bond acceptors (Lipinski definition) is 1. The molecule has 1 aromatic carbocycles. The van der Waals surface area contributed by atoms with Gasteiger partial charge >= 0.3 is 0 Å². The van der Waals surface area contributed by atoms with Crippen molar-refractivity contribution in [3.05, 3.63) is 213 Å². The molecule has 5 N–H and O–H groups in total. The maximum Gasteiger partial charge on any atom is 0.221 e. The van der Waals surface area contributed by atoms with E-state index in [4.69, 9.17) is 0 Å². The third kappa shape index (κ3) is 6.42. The Balaban J connectivity index is 1.40. The van der Waals surface area contributed by atoms with E-state index in [1.165, 1.54) is 6.92 Å². The molecule has 268 valence electrons. The summed E-state index contributed by atoms with van der Waals surface area (Å²) in [5.41, 5.74) is 13.1. The number of carbonyl (C=O) groups is 1. The lowest BCUT2D eigenvalue weighted by Crippen LogP contribution is -2.26. The van der Waals surface area contributed by atoms with Crippen molar-refractivity contribution in [2.24, 2.45) is 21.1 Å². The Morgan fingerprint density at radius 2 is 0.691 bits per heavy atom. The molecule has 0 spiro atoms. The van der Waals surface area contributed by atoms with Crippen molar-refractivity contribution in [1.29, 1.82) is 0 Å². The number of aromatic nitrogens is 7. The van der Waals surface area contributed by atoms with Crippen molar-refractivity contribution < 1.29 is 18.5 Å². The lowest BCUT2D eigenvalue weighted by Gasteiger charge is -2.10. The van der Waals surface area contributed by atoms with Gasteiger partial charge in [-0.2, -0.15) is 0 Å². The summed E-state index contributed by atoms with van der Waals surface area (Å²) >= 11 is 0. The summed E-state index contributed by atoms with van der Waals surface area (Å²) < 4.78 is 6.14. The van der Waals surface area contributed by atoms with E-state index < -0.39 is 0 Å². The normalized spacial score (nSPS) is 12.7. The first kappa shape index (κ1) is 33.6. The Kier molecular flexibility index (Phi) is 8.31. The van der Waals surface area contributed by atoms with E-state index >= 15 is 0 Å². The molecule has 55 heavy (non-hydrogen) atoms. The van der Waals surface area contributed by atoms with E-state index in [2.05, 4.69) is 164 Å². The summed E-state index contributed by atoms with van der Waals surface area (Å²) in [7, 11) is 6.10. The van der Waals surface area contributed by atoms with E-state index in [1.54, 1.807) is 0 Å². The molecule has 0 saturated heterocycles. The minimum Gasteiger partial charge on any atom is -0.354 e. The summed E-state index contributed by atoms with van der Waals surface area (Å²) in [4.78, 5) is 27.2. The fraction of sp³-hybridized carbons (Fsp3) is 0.0870. The van der Waals surface area contributed by atoms with Gasteiger partial charge < -0.3 is 25.3 Å². The van der Waals surface area contributed by atoms with Gasteiger partial charge in [-0.05, 0) is 82.9 Å². The Hall–Kier alpha value is -7.26. The van der Waals surface area contributed by atoms with Crippen molar-refractivity contribution in [2.45, 2.75) is 6.92 Å². The molecule has 0 radical (unpaired) electrons. The highest BCUT2D eigenvalue weighted by Gasteiger charge is 2.19. The van der Waals surface area contributed by atoms with E-state index in [-0.39, 0.29) is 5.91 Å². The van der Waals surface area contributed by atoms with Gasteiger partial charge in [0.1, 0.15) is 21.1 Å². The number of anilines is 1. The first-order chi connectivity index (χ1) is 26.8. The summed E-state index contributed by atoms with van der Waals surface area (Å²) in [5.74, 6) is -0.106. The lowest BCUT2D eigenvalue weighted by atomic mass is 10.0. The monoisotopic (exact) mass is 721 g/mol. The molecule has 8 aromatic rings. The van der Waals surface area contributed by atoms with Gasteiger partial charge in [0.25, 0.3) is 0 Å². The predicted octanol–water partition coefficient (Wildman–Crippen LogP) is 2.73. The second-order valence-electron chi connectivity index (χ2n) is 14.2. The van der Waals surface area contributed by atoms with Crippen LogP contribution in [0.1, 0.15) is 52.0 Å². The van der Waals surface area contributed by atoms with Crippen LogP contribution >= 0.6 is 0 Å². The lowest BCUT2D eigenvalue weighted by molar-refractivity contribution is -0.671. The van der Waals surface area contributed by atoms with Gasteiger partial charge in [0.05, 0.1) is 0 Å². The zero-order chi connectivity index (χ0) is 37.6. The Bertz CT molecular complexity index is 2980. The van der Waals surface area contributed by atoms with Crippen LogP contribution in [0.15, 0.2) is 146 Å². The van der Waals surface area contributed by atoms with Crippen molar-refractivity contribution in [3.63, 3.8) is 0 Å². The molecule has 8 bridgehead atoms. The van der Waals surface area contributed by atoms with Crippen LogP contribution in [-0.2, 0) is 25.9 Å². The fourth-order valence-corrected chi connectivity index (χ4v) is 7.50. The minimum absolute atomic E-state index is 0.106. The average molecular weight is 722 g/mol. The van der Waals surface area contributed by atoms with Crippen LogP contribution in [0, 0.1) is 0 Å². The van der Waals surface area contributed by atoms with Gasteiger partial charge in [-0.25, -0.2) is 13.7 Å². The van der Waals surface area contributed by atoms with E-state index in [9.17, 15) is 4.79 Å². The Labute approximate surface area is 317 Å². The number of nitrogens with zero attached hydrogens (tertiary/aromatic N) is 3. The number of amides is 1. The van der Waals surface area contributed by atoms with Gasteiger partial charge in [0.2, 0.25) is 5.91 Å². The molecule has 0 fully saturated rings. The van der Waals surface area contributed by atoms with Crippen LogP contribution in [0.4, 0.5) is 5.69 Å². The van der Waals surface area contributed by atoms with Crippen LogP contribution in [-0.4, -0.2) is 25.8 Å². The van der Waals surface area contributed by atoms with Crippen LogP contribution in [0.25, 0.3) is 22.3 Å². The first-order valence-electron chi connectivity index (χ1n) is 18.3. The third-order valence-corrected chi connectivity index (χ3v) is 10.2. The Morgan fingerprint density at radius 3 is 0.982 bits per heavy atom. The minimum atomic E-state index is -0.106. The smallest absolute Gasteiger partial charge is 0.221 e. The number of hydrogen-bond donors (Lipinski definition) is 5. The highest BCUT2D eigenvalue weighted by Crippen LogP contribution is 2.28.